The molecule has 1 fully saturated rings. The molecule has 146 valence electrons. The number of nitrogens with zero attached hydrogens (tertiary/aromatic N) is 3. The van der Waals surface area contributed by atoms with Crippen molar-refractivity contribution < 1.29 is 14.3 Å². The number of hydrogen-bond donors (Lipinski definition) is 2. The number of primary amides is 1. The van der Waals surface area contributed by atoms with E-state index in [1.165, 1.54) is 16.8 Å². The summed E-state index contributed by atoms with van der Waals surface area (Å²) in [5, 5.41) is 15.2. The van der Waals surface area contributed by atoms with Crippen LogP contribution in [-0.4, -0.2) is 44.9 Å². The summed E-state index contributed by atoms with van der Waals surface area (Å²) in [5.74, 6) is 4.61. The van der Waals surface area contributed by atoms with Crippen molar-refractivity contribution in [1.82, 2.24) is 14.7 Å². The Kier molecular flexibility index (Phi) is 4.36. The van der Waals surface area contributed by atoms with E-state index in [1.807, 2.05) is 11.9 Å². The summed E-state index contributed by atoms with van der Waals surface area (Å²) < 4.78 is 15.8. The smallest absolute Gasteiger partial charge is 0.269 e. The zero-order valence-corrected chi connectivity index (χ0v) is 15.8. The quantitative estimate of drug-likeness (QED) is 0.657. The molecule has 1 aromatic heterocycles. The highest BCUT2D eigenvalue weighted by Gasteiger charge is 2.36. The summed E-state index contributed by atoms with van der Waals surface area (Å²) in [4.78, 5) is 13.6. The Balaban J connectivity index is 1.79. The van der Waals surface area contributed by atoms with E-state index >= 15 is 0 Å². The summed E-state index contributed by atoms with van der Waals surface area (Å²) in [6, 6.07) is 11.4. The molecule has 4 rings (SSSR count). The number of nitrogens with two attached hydrogens (primary N) is 1. The summed E-state index contributed by atoms with van der Waals surface area (Å²) in [6.07, 6.45) is 0.478. The summed E-state index contributed by atoms with van der Waals surface area (Å²) in [6.45, 7) is 4.58. The minimum atomic E-state index is -1.27. The van der Waals surface area contributed by atoms with Gasteiger partial charge in [-0.15, -0.1) is 0 Å². The second kappa shape index (κ2) is 6.76. The Labute approximate surface area is 167 Å². The number of benzene rings is 2. The summed E-state index contributed by atoms with van der Waals surface area (Å²) in [5.41, 5.74) is 5.99. The van der Waals surface area contributed by atoms with Crippen LogP contribution < -0.4 is 5.73 Å². The number of aromatic nitrogens is 2. The van der Waals surface area contributed by atoms with Gasteiger partial charge in [0.25, 0.3) is 5.91 Å². The first-order chi connectivity index (χ1) is 13.8. The molecule has 1 amide bonds. The van der Waals surface area contributed by atoms with E-state index in [4.69, 9.17) is 5.73 Å². The molecular weight excluding hydrogens is 371 g/mol. The van der Waals surface area contributed by atoms with Crippen LogP contribution in [0.25, 0.3) is 16.6 Å². The molecule has 0 radical (unpaired) electrons. The Morgan fingerprint density at radius 3 is 2.79 bits per heavy atom. The third-order valence-electron chi connectivity index (χ3n) is 5.14. The molecule has 0 aliphatic carbocycles. The highest BCUT2D eigenvalue weighted by molar-refractivity contribution is 6.04. The topological polar surface area (TPSA) is 84.4 Å². The maximum atomic E-state index is 14.5. The van der Waals surface area contributed by atoms with Crippen molar-refractivity contribution in [2.75, 3.05) is 13.6 Å². The van der Waals surface area contributed by atoms with Gasteiger partial charge in [0, 0.05) is 31.0 Å². The van der Waals surface area contributed by atoms with Gasteiger partial charge in [0.05, 0.1) is 11.4 Å². The van der Waals surface area contributed by atoms with Crippen molar-refractivity contribution in [3.8, 4) is 17.5 Å². The molecule has 2 heterocycles. The Bertz CT molecular complexity index is 1220. The monoisotopic (exact) mass is 390 g/mol. The SMILES string of the molecule is C=C1N(C)CC[C@@]1(O)C#Cc1cccc(-n2nc(C(N)=O)c3cccc(F)c32)c1. The normalized spacial score (nSPS) is 18.7. The van der Waals surface area contributed by atoms with E-state index < -0.39 is 17.3 Å². The maximum absolute atomic E-state index is 14.5. The number of amides is 1. The number of carbonyl (C=O) groups is 1. The Morgan fingerprint density at radius 2 is 2.10 bits per heavy atom. The fraction of sp³-hybridized carbons (Fsp3) is 0.182. The van der Waals surface area contributed by atoms with Crippen LogP contribution in [0.3, 0.4) is 0 Å². The van der Waals surface area contributed by atoms with Gasteiger partial charge in [0.1, 0.15) is 11.3 Å². The highest BCUT2D eigenvalue weighted by atomic mass is 19.1. The molecule has 1 atom stereocenters. The van der Waals surface area contributed by atoms with Gasteiger partial charge in [-0.25, -0.2) is 9.07 Å². The van der Waals surface area contributed by atoms with E-state index in [2.05, 4.69) is 23.5 Å². The molecule has 1 aliphatic heterocycles. The lowest BCUT2D eigenvalue weighted by atomic mass is 10.0. The molecule has 0 bridgehead atoms. The fourth-order valence-corrected chi connectivity index (χ4v) is 3.44. The first-order valence-corrected chi connectivity index (χ1v) is 9.04. The van der Waals surface area contributed by atoms with Crippen molar-refractivity contribution in [3.05, 3.63) is 71.8 Å². The van der Waals surface area contributed by atoms with Gasteiger partial charge in [0.15, 0.2) is 11.3 Å². The molecule has 2 aromatic carbocycles. The standard InChI is InChI=1S/C22H19FN4O2/c1-14-22(29,11-12-26(14)2)10-9-15-5-3-6-16(13-15)27-20-17(7-4-8-18(20)23)19(25-27)21(24)28/h3-8,13,29H,1,11-12H2,2H3,(H2,24,28)/t22-/m0/s1. The van der Waals surface area contributed by atoms with Crippen LogP contribution in [0.5, 0.6) is 0 Å². The third-order valence-corrected chi connectivity index (χ3v) is 5.14. The predicted octanol–water partition coefficient (Wildman–Crippen LogP) is 2.20. The molecule has 0 spiro atoms. The number of carbonyl (C=O) groups excluding carboxylic acids is 1. The molecule has 3 aromatic rings. The molecule has 6 nitrogen and oxygen atoms in total. The average Bonchev–Trinajstić information content (AvgIpc) is 3.22. The summed E-state index contributed by atoms with van der Waals surface area (Å²) in [7, 11) is 1.86. The van der Waals surface area contributed by atoms with Gasteiger partial charge >= 0.3 is 0 Å². The fourth-order valence-electron chi connectivity index (χ4n) is 3.44. The van der Waals surface area contributed by atoms with Crippen molar-refractivity contribution >= 4 is 16.8 Å². The van der Waals surface area contributed by atoms with E-state index in [-0.39, 0.29) is 11.2 Å². The molecule has 7 heteroatoms. The number of likely N-dealkylation sites (N-methyl/N-ethyl adjacent to an activating group) is 1. The average molecular weight is 390 g/mol. The van der Waals surface area contributed by atoms with E-state index in [0.717, 1.165) is 0 Å². The van der Waals surface area contributed by atoms with Gasteiger partial charge in [-0.3, -0.25) is 4.79 Å². The van der Waals surface area contributed by atoms with Crippen molar-refractivity contribution in [1.29, 1.82) is 0 Å². The zero-order chi connectivity index (χ0) is 20.8. The van der Waals surface area contributed by atoms with E-state index in [9.17, 15) is 14.3 Å². The van der Waals surface area contributed by atoms with Gasteiger partial charge in [0.2, 0.25) is 0 Å². The van der Waals surface area contributed by atoms with Gasteiger partial charge in [-0.05, 0) is 24.3 Å². The summed E-state index contributed by atoms with van der Waals surface area (Å²) >= 11 is 0. The van der Waals surface area contributed by atoms with E-state index in [1.54, 1.807) is 30.3 Å². The second-order valence-corrected chi connectivity index (χ2v) is 7.04. The van der Waals surface area contributed by atoms with Gasteiger partial charge < -0.3 is 15.7 Å². The lowest BCUT2D eigenvalue weighted by Crippen LogP contribution is -2.26. The van der Waals surface area contributed by atoms with Gasteiger partial charge in [-0.1, -0.05) is 36.6 Å². The van der Waals surface area contributed by atoms with E-state index in [0.29, 0.717) is 35.3 Å². The third kappa shape index (κ3) is 3.13. The Hall–Kier alpha value is -3.63. The van der Waals surface area contributed by atoms with Crippen molar-refractivity contribution in [2.24, 2.45) is 5.73 Å². The number of halogens is 1. The molecule has 29 heavy (non-hydrogen) atoms. The molecular formula is C22H19FN4O2. The van der Waals surface area contributed by atoms with Crippen LogP contribution in [0.4, 0.5) is 4.39 Å². The molecule has 1 aliphatic rings. The maximum Gasteiger partial charge on any atom is 0.269 e. The zero-order valence-electron chi connectivity index (χ0n) is 15.8. The lowest BCUT2D eigenvalue weighted by Gasteiger charge is -2.19. The largest absolute Gasteiger partial charge is 0.375 e. The van der Waals surface area contributed by atoms with Crippen LogP contribution in [0, 0.1) is 17.7 Å². The van der Waals surface area contributed by atoms with Crippen LogP contribution in [0.1, 0.15) is 22.5 Å². The highest BCUT2D eigenvalue weighted by Crippen LogP contribution is 2.29. The Morgan fingerprint density at radius 1 is 1.34 bits per heavy atom. The number of rotatable bonds is 2. The number of likely N-dealkylation sites (tertiary alicyclic amines) is 1. The number of aliphatic hydroxyl groups is 1. The van der Waals surface area contributed by atoms with Crippen LogP contribution in [-0.2, 0) is 0 Å². The minimum Gasteiger partial charge on any atom is -0.375 e. The molecule has 0 saturated carbocycles. The first-order valence-electron chi connectivity index (χ1n) is 9.04. The van der Waals surface area contributed by atoms with Crippen LogP contribution in [0.2, 0.25) is 0 Å². The molecule has 3 N–H and O–H groups in total. The number of para-hydroxylation sites is 1. The molecule has 1 saturated heterocycles. The number of fused-ring (bicyclic) bond motifs is 1. The van der Waals surface area contributed by atoms with Crippen LogP contribution in [0.15, 0.2) is 54.7 Å². The number of hydrogen-bond acceptors (Lipinski definition) is 4. The van der Waals surface area contributed by atoms with Crippen molar-refractivity contribution in [2.45, 2.75) is 12.0 Å². The first kappa shape index (κ1) is 18.7. The second-order valence-electron chi connectivity index (χ2n) is 7.04. The lowest BCUT2D eigenvalue weighted by molar-refractivity contribution is 0.0996. The minimum absolute atomic E-state index is 0.00408. The van der Waals surface area contributed by atoms with Crippen LogP contribution >= 0.6 is 0 Å². The predicted molar refractivity (Wildman–Crippen MR) is 108 cm³/mol. The van der Waals surface area contributed by atoms with Crippen molar-refractivity contribution in [3.63, 3.8) is 0 Å². The van der Waals surface area contributed by atoms with Gasteiger partial charge in [-0.2, -0.15) is 5.10 Å². The molecule has 0 unspecified atom stereocenters.